The van der Waals surface area contributed by atoms with E-state index in [9.17, 15) is 4.79 Å². The Hall–Kier alpha value is -2.10. The van der Waals surface area contributed by atoms with E-state index < -0.39 is 0 Å². The van der Waals surface area contributed by atoms with Crippen molar-refractivity contribution in [3.8, 4) is 0 Å². The van der Waals surface area contributed by atoms with Crippen molar-refractivity contribution in [3.05, 3.63) is 36.2 Å². The highest BCUT2D eigenvalue weighted by molar-refractivity contribution is 6.00. The van der Waals surface area contributed by atoms with Gasteiger partial charge >= 0.3 is 0 Å². The highest BCUT2D eigenvalue weighted by atomic mass is 16.1. The van der Waals surface area contributed by atoms with Gasteiger partial charge in [-0.05, 0) is 31.2 Å². The number of nitrogens with zero attached hydrogens (tertiary/aromatic N) is 1. The van der Waals surface area contributed by atoms with E-state index in [-0.39, 0.29) is 11.3 Å². The molecule has 2 aromatic rings. The Bertz CT molecular complexity index is 632. The van der Waals surface area contributed by atoms with Gasteiger partial charge < -0.3 is 10.3 Å². The zero-order chi connectivity index (χ0) is 14.0. The molecule has 0 atom stereocenters. The van der Waals surface area contributed by atoms with Gasteiger partial charge in [-0.3, -0.25) is 4.79 Å². The number of allylic oxidation sites excluding steroid dienone is 1. The topological polar surface area (TPSA) is 57.8 Å². The third kappa shape index (κ3) is 3.02. The lowest BCUT2D eigenvalue weighted by Crippen LogP contribution is -2.12. The molecule has 1 amide bonds. The third-order valence-electron chi connectivity index (χ3n) is 2.78. The summed E-state index contributed by atoms with van der Waals surface area (Å²) in [6, 6.07) is 5.67. The summed E-state index contributed by atoms with van der Waals surface area (Å²) in [6.45, 7) is 8.14. The maximum atomic E-state index is 11.5. The molecule has 0 bridgehead atoms. The average Bonchev–Trinajstić information content (AvgIpc) is 2.71. The zero-order valence-electron chi connectivity index (χ0n) is 11.7. The van der Waals surface area contributed by atoms with Crippen LogP contribution in [-0.4, -0.2) is 15.9 Å². The van der Waals surface area contributed by atoms with Crippen molar-refractivity contribution < 1.29 is 4.79 Å². The molecule has 1 aromatic heterocycles. The van der Waals surface area contributed by atoms with Crippen LogP contribution < -0.4 is 5.32 Å². The molecule has 0 unspecified atom stereocenters. The number of benzene rings is 1. The fourth-order valence-corrected chi connectivity index (χ4v) is 1.78. The number of fused-ring (bicyclic) bond motifs is 1. The molecule has 4 nitrogen and oxygen atoms in total. The zero-order valence-corrected chi connectivity index (χ0v) is 11.7. The number of amides is 1. The van der Waals surface area contributed by atoms with Crippen LogP contribution in [0.15, 0.2) is 30.4 Å². The number of hydrogen-bond acceptors (Lipinski definition) is 2. The van der Waals surface area contributed by atoms with Gasteiger partial charge in [-0.25, -0.2) is 4.98 Å². The first-order valence-corrected chi connectivity index (χ1v) is 6.34. The summed E-state index contributed by atoms with van der Waals surface area (Å²) < 4.78 is 0. The van der Waals surface area contributed by atoms with E-state index in [1.807, 2.05) is 25.1 Å². The Morgan fingerprint density at radius 1 is 1.37 bits per heavy atom. The quantitative estimate of drug-likeness (QED) is 0.810. The summed E-state index contributed by atoms with van der Waals surface area (Å²) in [5, 5.41) is 2.81. The van der Waals surface area contributed by atoms with Crippen LogP contribution in [0.2, 0.25) is 0 Å². The molecule has 4 heteroatoms. The lowest BCUT2D eigenvalue weighted by molar-refractivity contribution is -0.111. The summed E-state index contributed by atoms with van der Waals surface area (Å²) in [4.78, 5) is 19.3. The van der Waals surface area contributed by atoms with Crippen LogP contribution in [0.4, 0.5) is 5.69 Å². The first kappa shape index (κ1) is 13.3. The van der Waals surface area contributed by atoms with E-state index in [0.717, 1.165) is 22.5 Å². The lowest BCUT2D eigenvalue weighted by atomic mass is 9.96. The summed E-state index contributed by atoms with van der Waals surface area (Å²) in [5.74, 6) is 0.817. The van der Waals surface area contributed by atoms with Gasteiger partial charge in [0.1, 0.15) is 5.82 Å². The van der Waals surface area contributed by atoms with Crippen molar-refractivity contribution in [1.82, 2.24) is 9.97 Å². The Kier molecular flexibility index (Phi) is 3.42. The third-order valence-corrected chi connectivity index (χ3v) is 2.78. The van der Waals surface area contributed by atoms with Crippen LogP contribution in [0, 0.1) is 0 Å². The Morgan fingerprint density at radius 3 is 2.74 bits per heavy atom. The van der Waals surface area contributed by atoms with Gasteiger partial charge in [-0.15, -0.1) is 0 Å². The van der Waals surface area contributed by atoms with Crippen LogP contribution >= 0.6 is 0 Å². The number of imidazole rings is 1. The van der Waals surface area contributed by atoms with Crippen molar-refractivity contribution in [1.29, 1.82) is 0 Å². The van der Waals surface area contributed by atoms with Gasteiger partial charge in [-0.2, -0.15) is 0 Å². The lowest BCUT2D eigenvalue weighted by Gasteiger charge is -2.13. The maximum absolute atomic E-state index is 11.5. The monoisotopic (exact) mass is 257 g/mol. The van der Waals surface area contributed by atoms with Gasteiger partial charge in [0, 0.05) is 11.1 Å². The van der Waals surface area contributed by atoms with E-state index in [1.54, 1.807) is 6.08 Å². The standard InChI is InChI=1S/C15H19N3O/c1-5-6-13(19)16-10-7-8-11-12(9-10)18-14(17-11)15(2,3)4/h5-9H,1-4H3,(H,16,19)(H,17,18). The van der Waals surface area contributed by atoms with Gasteiger partial charge in [0.25, 0.3) is 0 Å². The summed E-state index contributed by atoms with van der Waals surface area (Å²) in [6.07, 6.45) is 3.21. The molecule has 0 aliphatic heterocycles. The SMILES string of the molecule is CC=CC(=O)Nc1ccc2nc(C(C)(C)C)[nH]c2c1. The molecule has 0 spiro atoms. The molecule has 0 saturated carbocycles. The minimum atomic E-state index is -0.127. The second-order valence-electron chi connectivity index (χ2n) is 5.56. The largest absolute Gasteiger partial charge is 0.341 e. The van der Waals surface area contributed by atoms with E-state index in [4.69, 9.17) is 0 Å². The molecule has 0 saturated heterocycles. The molecule has 0 fully saturated rings. The Labute approximate surface area is 112 Å². The molecule has 1 heterocycles. The van der Waals surface area contributed by atoms with Crippen LogP contribution in [0.3, 0.4) is 0 Å². The predicted molar refractivity (Wildman–Crippen MR) is 78.2 cm³/mol. The van der Waals surface area contributed by atoms with E-state index in [0.29, 0.717) is 0 Å². The average molecular weight is 257 g/mol. The molecule has 0 aliphatic carbocycles. The molecule has 2 rings (SSSR count). The normalized spacial score (nSPS) is 12.2. The number of anilines is 1. The number of hydrogen-bond donors (Lipinski definition) is 2. The molecular weight excluding hydrogens is 238 g/mol. The van der Waals surface area contributed by atoms with Gasteiger partial charge in [0.15, 0.2) is 0 Å². The minimum absolute atomic E-state index is 0.0205. The van der Waals surface area contributed by atoms with Crippen LogP contribution in [0.1, 0.15) is 33.5 Å². The van der Waals surface area contributed by atoms with Crippen LogP contribution in [-0.2, 0) is 10.2 Å². The highest BCUT2D eigenvalue weighted by Gasteiger charge is 2.18. The van der Waals surface area contributed by atoms with Crippen molar-refractivity contribution in [2.24, 2.45) is 0 Å². The van der Waals surface area contributed by atoms with E-state index in [1.165, 1.54) is 6.08 Å². The molecule has 2 N–H and O–H groups in total. The predicted octanol–water partition coefficient (Wildman–Crippen LogP) is 3.38. The molecule has 19 heavy (non-hydrogen) atoms. The minimum Gasteiger partial charge on any atom is -0.341 e. The number of H-pyrrole nitrogens is 1. The number of carbonyl (C=O) groups excluding carboxylic acids is 1. The van der Waals surface area contributed by atoms with Crippen LogP contribution in [0.5, 0.6) is 0 Å². The fraction of sp³-hybridized carbons (Fsp3) is 0.333. The van der Waals surface area contributed by atoms with Crippen molar-refractivity contribution in [2.45, 2.75) is 33.1 Å². The van der Waals surface area contributed by atoms with Gasteiger partial charge in [0.2, 0.25) is 5.91 Å². The molecule has 0 radical (unpaired) electrons. The van der Waals surface area contributed by atoms with E-state index in [2.05, 4.69) is 36.1 Å². The second-order valence-corrected chi connectivity index (χ2v) is 5.56. The molecular formula is C15H19N3O. The Morgan fingerprint density at radius 2 is 2.11 bits per heavy atom. The second kappa shape index (κ2) is 4.88. The van der Waals surface area contributed by atoms with Crippen LogP contribution in [0.25, 0.3) is 11.0 Å². The summed E-state index contributed by atoms with van der Waals surface area (Å²) in [5.41, 5.74) is 2.59. The fourth-order valence-electron chi connectivity index (χ4n) is 1.78. The molecule has 100 valence electrons. The number of aromatic nitrogens is 2. The molecule has 1 aromatic carbocycles. The van der Waals surface area contributed by atoms with E-state index >= 15 is 0 Å². The molecule has 0 aliphatic rings. The van der Waals surface area contributed by atoms with Gasteiger partial charge in [0.05, 0.1) is 11.0 Å². The Balaban J connectivity index is 2.33. The number of aromatic amines is 1. The number of carbonyl (C=O) groups is 1. The maximum Gasteiger partial charge on any atom is 0.248 e. The summed E-state index contributed by atoms with van der Waals surface area (Å²) >= 11 is 0. The first-order chi connectivity index (χ1) is 8.90. The highest BCUT2D eigenvalue weighted by Crippen LogP contribution is 2.24. The van der Waals surface area contributed by atoms with Crippen molar-refractivity contribution in [2.75, 3.05) is 5.32 Å². The van der Waals surface area contributed by atoms with Gasteiger partial charge in [-0.1, -0.05) is 26.8 Å². The van der Waals surface area contributed by atoms with Crippen molar-refractivity contribution >= 4 is 22.6 Å². The smallest absolute Gasteiger partial charge is 0.248 e. The number of rotatable bonds is 2. The first-order valence-electron chi connectivity index (χ1n) is 6.34. The summed E-state index contributed by atoms with van der Waals surface area (Å²) in [7, 11) is 0. The van der Waals surface area contributed by atoms with Crippen molar-refractivity contribution in [3.63, 3.8) is 0 Å². The number of nitrogens with one attached hydrogen (secondary N) is 2.